The molecule has 0 aliphatic carbocycles. The predicted molar refractivity (Wildman–Crippen MR) is 78.1 cm³/mol. The van der Waals surface area contributed by atoms with Crippen molar-refractivity contribution in [1.29, 1.82) is 0 Å². The van der Waals surface area contributed by atoms with Crippen LogP contribution in [0.4, 0.5) is 0 Å². The summed E-state index contributed by atoms with van der Waals surface area (Å²) in [6.07, 6.45) is 2.05. The average Bonchev–Trinajstić information content (AvgIpc) is 2.41. The Bertz CT molecular complexity index is 551. The molecule has 1 saturated heterocycles. The normalized spacial score (nSPS) is 18.6. The Labute approximate surface area is 120 Å². The molecule has 1 N–H and O–H groups in total. The SMILES string of the molecule is CN1CCC(CN(C)S(=O)(=O)c2cccc(O)c2)CC1. The second-order valence-corrected chi connectivity index (χ2v) is 7.57. The zero-order valence-corrected chi connectivity index (χ0v) is 12.8. The van der Waals surface area contributed by atoms with Gasteiger partial charge >= 0.3 is 0 Å². The number of likely N-dealkylation sites (tertiary alicyclic amines) is 1. The minimum Gasteiger partial charge on any atom is -0.508 e. The minimum absolute atomic E-state index is 0.0289. The standard InChI is InChI=1S/C14H22N2O3S/c1-15-8-6-12(7-9-15)11-16(2)20(18,19)14-5-3-4-13(17)10-14/h3-5,10,12,17H,6-9,11H2,1-2H3. The minimum atomic E-state index is -3.51. The van der Waals surface area contributed by atoms with Gasteiger partial charge in [0.05, 0.1) is 4.90 Å². The Morgan fingerprint density at radius 3 is 2.60 bits per heavy atom. The van der Waals surface area contributed by atoms with Crippen LogP contribution in [0, 0.1) is 5.92 Å². The van der Waals surface area contributed by atoms with E-state index in [9.17, 15) is 13.5 Å². The average molecular weight is 298 g/mol. The van der Waals surface area contributed by atoms with E-state index in [4.69, 9.17) is 0 Å². The summed E-state index contributed by atoms with van der Waals surface area (Å²) >= 11 is 0. The highest BCUT2D eigenvalue weighted by Crippen LogP contribution is 2.22. The molecule has 2 rings (SSSR count). The van der Waals surface area contributed by atoms with Crippen molar-refractivity contribution in [2.24, 2.45) is 5.92 Å². The quantitative estimate of drug-likeness (QED) is 0.911. The number of hydrogen-bond donors (Lipinski definition) is 1. The second kappa shape index (κ2) is 6.11. The highest BCUT2D eigenvalue weighted by atomic mass is 32.2. The molecule has 0 bridgehead atoms. The van der Waals surface area contributed by atoms with E-state index in [0.29, 0.717) is 12.5 Å². The van der Waals surface area contributed by atoms with Gasteiger partial charge in [-0.05, 0) is 57.1 Å². The maximum atomic E-state index is 12.4. The van der Waals surface area contributed by atoms with E-state index >= 15 is 0 Å². The number of nitrogens with zero attached hydrogens (tertiary/aromatic N) is 2. The van der Waals surface area contributed by atoms with Crippen molar-refractivity contribution >= 4 is 10.0 Å². The number of hydrogen-bond acceptors (Lipinski definition) is 4. The van der Waals surface area contributed by atoms with Crippen LogP contribution in [0.3, 0.4) is 0 Å². The molecule has 5 nitrogen and oxygen atoms in total. The lowest BCUT2D eigenvalue weighted by atomic mass is 9.97. The summed E-state index contributed by atoms with van der Waals surface area (Å²) in [7, 11) is 0.181. The fraction of sp³-hybridized carbons (Fsp3) is 0.571. The van der Waals surface area contributed by atoms with Crippen LogP contribution in [0.2, 0.25) is 0 Å². The van der Waals surface area contributed by atoms with Crippen LogP contribution in [0.25, 0.3) is 0 Å². The third kappa shape index (κ3) is 3.50. The molecule has 0 atom stereocenters. The molecule has 0 aromatic heterocycles. The molecule has 0 radical (unpaired) electrons. The van der Waals surface area contributed by atoms with Crippen molar-refractivity contribution in [3.05, 3.63) is 24.3 Å². The molecule has 0 spiro atoms. The molecular weight excluding hydrogens is 276 g/mol. The summed E-state index contributed by atoms with van der Waals surface area (Å²) in [6, 6.07) is 5.82. The fourth-order valence-electron chi connectivity index (χ4n) is 2.53. The molecule has 1 aromatic rings. The summed E-state index contributed by atoms with van der Waals surface area (Å²) in [5.74, 6) is 0.377. The van der Waals surface area contributed by atoms with Gasteiger partial charge in [-0.15, -0.1) is 0 Å². The highest BCUT2D eigenvalue weighted by molar-refractivity contribution is 7.89. The molecule has 1 fully saturated rings. The van der Waals surface area contributed by atoms with Gasteiger partial charge in [0.1, 0.15) is 5.75 Å². The molecule has 0 saturated carbocycles. The van der Waals surface area contributed by atoms with Crippen molar-refractivity contribution in [2.45, 2.75) is 17.7 Å². The molecule has 0 unspecified atom stereocenters. The molecule has 1 aliphatic heterocycles. The lowest BCUT2D eigenvalue weighted by Gasteiger charge is -2.31. The van der Waals surface area contributed by atoms with E-state index in [1.807, 2.05) is 0 Å². The van der Waals surface area contributed by atoms with Crippen LogP contribution in [0.1, 0.15) is 12.8 Å². The Balaban J connectivity index is 2.06. The third-order valence-electron chi connectivity index (χ3n) is 3.88. The van der Waals surface area contributed by atoms with Gasteiger partial charge in [0.2, 0.25) is 10.0 Å². The van der Waals surface area contributed by atoms with Crippen molar-refractivity contribution in [2.75, 3.05) is 33.7 Å². The first-order valence-electron chi connectivity index (χ1n) is 6.83. The van der Waals surface area contributed by atoms with Crippen molar-refractivity contribution in [3.63, 3.8) is 0 Å². The number of aromatic hydroxyl groups is 1. The van der Waals surface area contributed by atoms with Crippen LogP contribution < -0.4 is 0 Å². The molecule has 1 aliphatic rings. The molecule has 1 aromatic carbocycles. The molecule has 6 heteroatoms. The Morgan fingerprint density at radius 1 is 1.35 bits per heavy atom. The first-order valence-corrected chi connectivity index (χ1v) is 8.27. The number of piperidine rings is 1. The molecule has 112 valence electrons. The topological polar surface area (TPSA) is 60.9 Å². The van der Waals surface area contributed by atoms with Crippen LogP contribution in [-0.4, -0.2) is 56.5 Å². The monoisotopic (exact) mass is 298 g/mol. The van der Waals surface area contributed by atoms with Crippen LogP contribution in [0.5, 0.6) is 5.75 Å². The zero-order valence-electron chi connectivity index (χ0n) is 12.0. The lowest BCUT2D eigenvalue weighted by Crippen LogP contribution is -2.37. The highest BCUT2D eigenvalue weighted by Gasteiger charge is 2.25. The van der Waals surface area contributed by atoms with E-state index in [0.717, 1.165) is 25.9 Å². The molecular formula is C14H22N2O3S. The largest absolute Gasteiger partial charge is 0.508 e. The van der Waals surface area contributed by atoms with Gasteiger partial charge in [-0.1, -0.05) is 6.07 Å². The first-order chi connectivity index (χ1) is 9.39. The van der Waals surface area contributed by atoms with Gasteiger partial charge in [0.15, 0.2) is 0 Å². The number of phenolic OH excluding ortho intramolecular Hbond substituents is 1. The Morgan fingerprint density at radius 2 is 2.00 bits per heavy atom. The number of phenols is 1. The Hall–Kier alpha value is -1.11. The van der Waals surface area contributed by atoms with Gasteiger partial charge in [-0.3, -0.25) is 0 Å². The first kappa shape index (κ1) is 15.3. The summed E-state index contributed by atoms with van der Waals surface area (Å²) in [4.78, 5) is 2.41. The van der Waals surface area contributed by atoms with E-state index < -0.39 is 10.0 Å². The summed E-state index contributed by atoms with van der Waals surface area (Å²) in [5.41, 5.74) is 0. The van der Waals surface area contributed by atoms with Gasteiger partial charge in [-0.2, -0.15) is 0 Å². The predicted octanol–water partition coefficient (Wildman–Crippen LogP) is 1.35. The third-order valence-corrected chi connectivity index (χ3v) is 5.70. The van der Waals surface area contributed by atoms with E-state index in [-0.39, 0.29) is 10.6 Å². The van der Waals surface area contributed by atoms with Crippen molar-refractivity contribution in [1.82, 2.24) is 9.21 Å². The van der Waals surface area contributed by atoms with Gasteiger partial charge in [0.25, 0.3) is 0 Å². The summed E-state index contributed by atoms with van der Waals surface area (Å²) in [6.45, 7) is 2.57. The van der Waals surface area contributed by atoms with Crippen LogP contribution >= 0.6 is 0 Å². The summed E-state index contributed by atoms with van der Waals surface area (Å²) in [5, 5.41) is 9.42. The second-order valence-electron chi connectivity index (χ2n) is 5.53. The van der Waals surface area contributed by atoms with Crippen molar-refractivity contribution < 1.29 is 13.5 Å². The van der Waals surface area contributed by atoms with Crippen LogP contribution in [0.15, 0.2) is 29.2 Å². The van der Waals surface area contributed by atoms with E-state index in [1.54, 1.807) is 13.1 Å². The molecule has 20 heavy (non-hydrogen) atoms. The molecule has 0 amide bonds. The van der Waals surface area contributed by atoms with Gasteiger partial charge in [0, 0.05) is 13.6 Å². The van der Waals surface area contributed by atoms with Gasteiger partial charge in [-0.25, -0.2) is 12.7 Å². The number of sulfonamides is 1. The Kier molecular flexibility index (Phi) is 4.67. The zero-order chi connectivity index (χ0) is 14.8. The van der Waals surface area contributed by atoms with Gasteiger partial charge < -0.3 is 10.0 Å². The lowest BCUT2D eigenvalue weighted by molar-refractivity contribution is 0.202. The number of benzene rings is 1. The van der Waals surface area contributed by atoms with E-state index in [2.05, 4.69) is 11.9 Å². The maximum Gasteiger partial charge on any atom is 0.242 e. The smallest absolute Gasteiger partial charge is 0.242 e. The molecule has 1 heterocycles. The summed E-state index contributed by atoms with van der Waals surface area (Å²) < 4.78 is 26.3. The van der Waals surface area contributed by atoms with Crippen molar-refractivity contribution in [3.8, 4) is 5.75 Å². The maximum absolute atomic E-state index is 12.4. The van der Waals surface area contributed by atoms with E-state index in [1.165, 1.54) is 22.5 Å². The fourth-order valence-corrected chi connectivity index (χ4v) is 3.82. The van der Waals surface area contributed by atoms with Crippen LogP contribution in [-0.2, 0) is 10.0 Å². The number of rotatable bonds is 4.